The van der Waals surface area contributed by atoms with Crippen LogP contribution in [0.5, 0.6) is 0 Å². The van der Waals surface area contributed by atoms with Crippen LogP contribution in [0.4, 0.5) is 10.2 Å². The predicted molar refractivity (Wildman–Crippen MR) is 135 cm³/mol. The number of fused-ring (bicyclic) bond motifs is 1. The second-order valence-corrected chi connectivity index (χ2v) is 9.24. The first kappa shape index (κ1) is 22.9. The van der Waals surface area contributed by atoms with Gasteiger partial charge in [-0.2, -0.15) is 5.10 Å². The van der Waals surface area contributed by atoms with Gasteiger partial charge < -0.3 is 16.0 Å². The Morgan fingerprint density at radius 2 is 1.97 bits per heavy atom. The van der Waals surface area contributed by atoms with Gasteiger partial charge in [-0.05, 0) is 62.6 Å². The van der Waals surface area contributed by atoms with Gasteiger partial charge in [0.05, 0.1) is 17.9 Å². The largest absolute Gasteiger partial charge is 0.355 e. The quantitative estimate of drug-likeness (QED) is 0.405. The van der Waals surface area contributed by atoms with E-state index >= 15 is 0 Å². The monoisotopic (exact) mass is 473 g/mol. The van der Waals surface area contributed by atoms with Gasteiger partial charge in [-0.15, -0.1) is 0 Å². The maximum Gasteiger partial charge on any atom is 0.251 e. The molecular formula is C26H28FN7O. The third kappa shape index (κ3) is 4.72. The van der Waals surface area contributed by atoms with Crippen molar-refractivity contribution in [2.45, 2.75) is 38.8 Å². The lowest BCUT2D eigenvalue weighted by molar-refractivity contribution is 0.0943. The van der Waals surface area contributed by atoms with Crippen LogP contribution >= 0.6 is 0 Å². The zero-order valence-electron chi connectivity index (χ0n) is 19.8. The number of piperidine rings is 1. The second kappa shape index (κ2) is 9.42. The number of carbonyl (C=O) groups excluding carboxylic acids is 1. The minimum atomic E-state index is -0.402. The van der Waals surface area contributed by atoms with Gasteiger partial charge in [0.2, 0.25) is 0 Å². The molecule has 1 aliphatic rings. The summed E-state index contributed by atoms with van der Waals surface area (Å²) < 4.78 is 14.8. The first-order chi connectivity index (χ1) is 16.9. The summed E-state index contributed by atoms with van der Waals surface area (Å²) in [6, 6.07) is 10.1. The van der Waals surface area contributed by atoms with Gasteiger partial charge in [0.15, 0.2) is 0 Å². The number of hydrogen-bond acceptors (Lipinski definition) is 6. The Hall–Kier alpha value is -3.85. The fraction of sp³-hybridized carbons (Fsp3) is 0.308. The van der Waals surface area contributed by atoms with Crippen molar-refractivity contribution in [2.75, 3.05) is 18.0 Å². The smallest absolute Gasteiger partial charge is 0.251 e. The first-order valence-electron chi connectivity index (χ1n) is 11.8. The zero-order valence-corrected chi connectivity index (χ0v) is 19.8. The Morgan fingerprint density at radius 1 is 1.17 bits per heavy atom. The number of benzene rings is 2. The SMILES string of the molecule is CC(C)NC(=O)c1ccc(F)c(-c2ccc3[nH]nc(-c4cncc(N5CCC(N)CC5)n4)c3c2)c1. The van der Waals surface area contributed by atoms with Gasteiger partial charge in [-0.1, -0.05) is 6.07 Å². The van der Waals surface area contributed by atoms with Gasteiger partial charge in [0.25, 0.3) is 5.91 Å². The maximum absolute atomic E-state index is 14.8. The van der Waals surface area contributed by atoms with Crippen molar-refractivity contribution in [3.63, 3.8) is 0 Å². The van der Waals surface area contributed by atoms with Crippen molar-refractivity contribution >= 4 is 22.6 Å². The summed E-state index contributed by atoms with van der Waals surface area (Å²) in [7, 11) is 0. The molecule has 2 aromatic heterocycles. The Kier molecular flexibility index (Phi) is 6.17. The van der Waals surface area contributed by atoms with Crippen LogP contribution < -0.4 is 16.0 Å². The third-order valence-corrected chi connectivity index (χ3v) is 6.25. The number of halogens is 1. The summed E-state index contributed by atoms with van der Waals surface area (Å²) in [5.41, 5.74) is 9.50. The van der Waals surface area contributed by atoms with Crippen LogP contribution in [0.1, 0.15) is 37.0 Å². The first-order valence-corrected chi connectivity index (χ1v) is 11.8. The number of amides is 1. The van der Waals surface area contributed by atoms with E-state index in [0.717, 1.165) is 42.7 Å². The fourth-order valence-corrected chi connectivity index (χ4v) is 4.36. The molecule has 2 aromatic carbocycles. The van der Waals surface area contributed by atoms with E-state index in [9.17, 15) is 9.18 Å². The van der Waals surface area contributed by atoms with E-state index in [-0.39, 0.29) is 18.0 Å². The molecule has 3 heterocycles. The van der Waals surface area contributed by atoms with Crippen molar-refractivity contribution in [2.24, 2.45) is 5.73 Å². The van der Waals surface area contributed by atoms with Crippen LogP contribution in [0.25, 0.3) is 33.4 Å². The number of nitrogens with one attached hydrogen (secondary N) is 2. The highest BCUT2D eigenvalue weighted by atomic mass is 19.1. The summed E-state index contributed by atoms with van der Waals surface area (Å²) in [5, 5.41) is 11.1. The molecule has 8 nitrogen and oxygen atoms in total. The molecule has 1 aliphatic heterocycles. The summed E-state index contributed by atoms with van der Waals surface area (Å²) in [5.74, 6) is 0.147. The molecule has 35 heavy (non-hydrogen) atoms. The molecule has 1 saturated heterocycles. The normalized spacial score (nSPS) is 14.6. The topological polar surface area (TPSA) is 113 Å². The standard InChI is InChI=1S/C26H28FN7O/c1-15(2)30-26(35)17-3-5-21(27)19(12-17)16-4-6-22-20(11-16)25(33-32-22)23-13-29-14-24(31-23)34-9-7-18(28)8-10-34/h3-6,11-15,18H,7-10,28H2,1-2H3,(H,30,35)(H,32,33). The van der Waals surface area contributed by atoms with Crippen molar-refractivity contribution in [1.29, 1.82) is 0 Å². The van der Waals surface area contributed by atoms with Crippen molar-refractivity contribution in [3.8, 4) is 22.5 Å². The number of aromatic nitrogens is 4. The molecule has 0 spiro atoms. The number of nitrogens with zero attached hydrogens (tertiary/aromatic N) is 4. The molecule has 0 saturated carbocycles. The molecule has 4 N–H and O–H groups in total. The molecule has 1 amide bonds. The van der Waals surface area contributed by atoms with E-state index in [4.69, 9.17) is 10.7 Å². The van der Waals surface area contributed by atoms with Crippen LogP contribution in [-0.4, -0.2) is 51.2 Å². The lowest BCUT2D eigenvalue weighted by Crippen LogP contribution is -2.40. The molecule has 9 heteroatoms. The number of H-pyrrole nitrogens is 1. The minimum absolute atomic E-state index is 0.0145. The molecule has 0 aliphatic carbocycles. The summed E-state index contributed by atoms with van der Waals surface area (Å²) >= 11 is 0. The lowest BCUT2D eigenvalue weighted by Gasteiger charge is -2.30. The van der Waals surface area contributed by atoms with E-state index < -0.39 is 5.82 Å². The van der Waals surface area contributed by atoms with Gasteiger partial charge in [0, 0.05) is 41.7 Å². The van der Waals surface area contributed by atoms with E-state index in [2.05, 4.69) is 25.4 Å². The number of hydrogen-bond donors (Lipinski definition) is 3. The maximum atomic E-state index is 14.8. The average Bonchev–Trinajstić information content (AvgIpc) is 3.28. The molecule has 0 radical (unpaired) electrons. The molecule has 1 fully saturated rings. The molecule has 180 valence electrons. The Bertz CT molecular complexity index is 1380. The Balaban J connectivity index is 1.51. The van der Waals surface area contributed by atoms with Crippen LogP contribution in [0.3, 0.4) is 0 Å². The van der Waals surface area contributed by atoms with Gasteiger partial charge >= 0.3 is 0 Å². The highest BCUT2D eigenvalue weighted by Gasteiger charge is 2.20. The van der Waals surface area contributed by atoms with Gasteiger partial charge in [-0.3, -0.25) is 14.9 Å². The molecule has 5 rings (SSSR count). The molecule has 0 unspecified atom stereocenters. The number of nitrogens with two attached hydrogens (primary N) is 1. The highest BCUT2D eigenvalue weighted by Crippen LogP contribution is 2.32. The van der Waals surface area contributed by atoms with Gasteiger partial charge in [-0.25, -0.2) is 9.37 Å². The lowest BCUT2D eigenvalue weighted by atomic mass is 9.99. The van der Waals surface area contributed by atoms with Crippen molar-refractivity contribution < 1.29 is 9.18 Å². The van der Waals surface area contributed by atoms with E-state index in [1.54, 1.807) is 18.5 Å². The predicted octanol–water partition coefficient (Wildman–Crippen LogP) is 3.89. The third-order valence-electron chi connectivity index (χ3n) is 6.25. The second-order valence-electron chi connectivity index (χ2n) is 9.24. The summed E-state index contributed by atoms with van der Waals surface area (Å²) in [6.45, 7) is 5.44. The van der Waals surface area contributed by atoms with E-state index in [0.29, 0.717) is 28.1 Å². The van der Waals surface area contributed by atoms with Crippen LogP contribution in [0, 0.1) is 5.82 Å². The number of rotatable bonds is 5. The highest BCUT2D eigenvalue weighted by molar-refractivity contribution is 5.97. The number of carbonyl (C=O) groups is 1. The summed E-state index contributed by atoms with van der Waals surface area (Å²) in [6.07, 6.45) is 5.27. The molecule has 0 bridgehead atoms. The van der Waals surface area contributed by atoms with Gasteiger partial charge in [0.1, 0.15) is 23.0 Å². The fourth-order valence-electron chi connectivity index (χ4n) is 4.36. The average molecular weight is 474 g/mol. The minimum Gasteiger partial charge on any atom is -0.355 e. The van der Waals surface area contributed by atoms with Crippen LogP contribution in [-0.2, 0) is 0 Å². The van der Waals surface area contributed by atoms with Crippen LogP contribution in [0.2, 0.25) is 0 Å². The van der Waals surface area contributed by atoms with Crippen molar-refractivity contribution in [3.05, 3.63) is 60.2 Å². The van der Waals surface area contributed by atoms with E-state index in [1.165, 1.54) is 12.1 Å². The Morgan fingerprint density at radius 3 is 2.74 bits per heavy atom. The number of anilines is 1. The van der Waals surface area contributed by atoms with E-state index in [1.807, 2.05) is 32.0 Å². The summed E-state index contributed by atoms with van der Waals surface area (Å²) in [4.78, 5) is 23.9. The molecular weight excluding hydrogens is 445 g/mol. The molecule has 4 aromatic rings. The molecule has 0 atom stereocenters. The van der Waals surface area contributed by atoms with Crippen LogP contribution in [0.15, 0.2) is 48.8 Å². The van der Waals surface area contributed by atoms with Crippen molar-refractivity contribution in [1.82, 2.24) is 25.5 Å². The Labute approximate surface area is 202 Å². The zero-order chi connectivity index (χ0) is 24.5. The number of aromatic amines is 1.